The van der Waals surface area contributed by atoms with Crippen molar-refractivity contribution in [3.8, 4) is 0 Å². The van der Waals surface area contributed by atoms with Crippen molar-refractivity contribution in [2.24, 2.45) is 10.7 Å². The lowest BCUT2D eigenvalue weighted by molar-refractivity contribution is 0.122. The third-order valence-electron chi connectivity index (χ3n) is 4.95. The average Bonchev–Trinajstić information content (AvgIpc) is 3.15. The summed E-state index contributed by atoms with van der Waals surface area (Å²) in [6.45, 7) is 3.79. The molecule has 1 saturated heterocycles. The Labute approximate surface area is 177 Å². The molecule has 6 nitrogen and oxygen atoms in total. The van der Waals surface area contributed by atoms with Crippen LogP contribution in [0.25, 0.3) is 0 Å². The van der Waals surface area contributed by atoms with Crippen molar-refractivity contribution in [1.82, 2.24) is 4.98 Å². The van der Waals surface area contributed by atoms with Gasteiger partial charge in [0, 0.05) is 25.0 Å². The minimum absolute atomic E-state index is 0. The van der Waals surface area contributed by atoms with E-state index in [1.807, 2.05) is 12.3 Å². The Morgan fingerprint density at radius 1 is 1.15 bits per heavy atom. The second-order valence-corrected chi connectivity index (χ2v) is 6.79. The molecule has 2 aromatic rings. The van der Waals surface area contributed by atoms with Gasteiger partial charge in [0.25, 0.3) is 0 Å². The van der Waals surface area contributed by atoms with Crippen LogP contribution in [0.5, 0.6) is 0 Å². The van der Waals surface area contributed by atoms with E-state index in [0.29, 0.717) is 12.5 Å². The van der Waals surface area contributed by atoms with Gasteiger partial charge in [0.2, 0.25) is 0 Å². The molecule has 2 heterocycles. The lowest BCUT2D eigenvalue weighted by Gasteiger charge is -2.27. The van der Waals surface area contributed by atoms with Gasteiger partial charge in [-0.3, -0.25) is 0 Å². The minimum atomic E-state index is 0. The molecule has 0 radical (unpaired) electrons. The first-order valence-corrected chi connectivity index (χ1v) is 9.24. The molecule has 0 saturated carbocycles. The summed E-state index contributed by atoms with van der Waals surface area (Å²) in [5.74, 6) is 1.42. The number of nitrogens with two attached hydrogens (primary N) is 1. The third-order valence-corrected chi connectivity index (χ3v) is 4.95. The minimum Gasteiger partial charge on any atom is -0.378 e. The number of hydrogen-bond acceptors (Lipinski definition) is 4. The Morgan fingerprint density at radius 2 is 1.96 bits per heavy atom. The number of rotatable bonds is 4. The number of aromatic nitrogens is 1. The van der Waals surface area contributed by atoms with Gasteiger partial charge in [0.15, 0.2) is 5.96 Å². The van der Waals surface area contributed by atoms with E-state index in [-0.39, 0.29) is 24.0 Å². The summed E-state index contributed by atoms with van der Waals surface area (Å²) >= 11 is 0. The number of pyridine rings is 1. The van der Waals surface area contributed by atoms with Gasteiger partial charge in [-0.1, -0.05) is 6.07 Å². The van der Waals surface area contributed by atoms with Crippen LogP contribution in [0.4, 0.5) is 11.5 Å². The van der Waals surface area contributed by atoms with E-state index in [4.69, 9.17) is 10.5 Å². The molecule has 144 valence electrons. The van der Waals surface area contributed by atoms with Crippen molar-refractivity contribution in [3.63, 3.8) is 0 Å². The predicted octanol–water partition coefficient (Wildman–Crippen LogP) is 2.95. The molecule has 1 aliphatic carbocycles. The predicted molar refractivity (Wildman–Crippen MR) is 120 cm³/mol. The molecular formula is C20H26IN5O. The van der Waals surface area contributed by atoms with Crippen LogP contribution in [0, 0.1) is 0 Å². The molecule has 2 aliphatic rings. The van der Waals surface area contributed by atoms with Crippen LogP contribution in [0.3, 0.4) is 0 Å². The van der Waals surface area contributed by atoms with Crippen LogP contribution in [0.2, 0.25) is 0 Å². The van der Waals surface area contributed by atoms with Crippen LogP contribution in [0.15, 0.2) is 41.5 Å². The maximum atomic E-state index is 6.08. The highest BCUT2D eigenvalue weighted by Crippen LogP contribution is 2.24. The molecule has 1 fully saturated rings. The van der Waals surface area contributed by atoms with Gasteiger partial charge >= 0.3 is 0 Å². The number of nitrogens with one attached hydrogen (secondary N) is 1. The highest BCUT2D eigenvalue weighted by Gasteiger charge is 2.13. The highest BCUT2D eigenvalue weighted by molar-refractivity contribution is 14.0. The van der Waals surface area contributed by atoms with Crippen LogP contribution in [-0.4, -0.2) is 37.2 Å². The number of aryl methyl sites for hydroxylation is 2. The van der Waals surface area contributed by atoms with Crippen molar-refractivity contribution in [1.29, 1.82) is 0 Å². The van der Waals surface area contributed by atoms with E-state index in [0.717, 1.165) is 49.8 Å². The maximum Gasteiger partial charge on any atom is 0.193 e. The maximum absolute atomic E-state index is 6.08. The van der Waals surface area contributed by atoms with Gasteiger partial charge in [0.05, 0.1) is 19.8 Å². The first-order valence-electron chi connectivity index (χ1n) is 9.24. The zero-order valence-electron chi connectivity index (χ0n) is 15.4. The molecular weight excluding hydrogens is 453 g/mol. The van der Waals surface area contributed by atoms with E-state index in [1.54, 1.807) is 0 Å². The largest absolute Gasteiger partial charge is 0.378 e. The number of nitrogens with zero attached hydrogens (tertiary/aromatic N) is 3. The van der Waals surface area contributed by atoms with Gasteiger partial charge in [0.1, 0.15) is 5.82 Å². The van der Waals surface area contributed by atoms with E-state index in [2.05, 4.69) is 44.5 Å². The Morgan fingerprint density at radius 3 is 2.81 bits per heavy atom. The van der Waals surface area contributed by atoms with Gasteiger partial charge in [-0.2, -0.15) is 0 Å². The van der Waals surface area contributed by atoms with Gasteiger partial charge in [-0.25, -0.2) is 9.98 Å². The molecule has 1 aromatic carbocycles. The molecule has 0 amide bonds. The molecule has 7 heteroatoms. The second-order valence-electron chi connectivity index (χ2n) is 6.79. The SMILES string of the molecule is I.NC(=NCc1ccnc(N2CCOCC2)c1)Nc1ccc2c(c1)CCC2. The monoisotopic (exact) mass is 479 g/mol. The van der Waals surface area contributed by atoms with Crippen molar-refractivity contribution >= 4 is 41.4 Å². The van der Waals surface area contributed by atoms with Crippen LogP contribution < -0.4 is 16.0 Å². The van der Waals surface area contributed by atoms with Crippen LogP contribution >= 0.6 is 24.0 Å². The average molecular weight is 479 g/mol. The van der Waals surface area contributed by atoms with E-state index >= 15 is 0 Å². The Balaban J connectivity index is 0.00000210. The van der Waals surface area contributed by atoms with Crippen molar-refractivity contribution in [2.75, 3.05) is 36.5 Å². The topological polar surface area (TPSA) is 75.8 Å². The number of ether oxygens (including phenoxy) is 1. The number of fused-ring (bicyclic) bond motifs is 1. The summed E-state index contributed by atoms with van der Waals surface area (Å²) in [6, 6.07) is 10.5. The fourth-order valence-corrected chi connectivity index (χ4v) is 3.54. The quantitative estimate of drug-likeness (QED) is 0.401. The Hall–Kier alpha value is -1.87. The zero-order valence-corrected chi connectivity index (χ0v) is 17.7. The van der Waals surface area contributed by atoms with E-state index < -0.39 is 0 Å². The first-order chi connectivity index (χ1) is 12.8. The molecule has 3 N–H and O–H groups in total. The Bertz CT molecular complexity index is 805. The standard InChI is InChI=1S/C20H25N5O.HI/c21-20(24-18-5-4-16-2-1-3-17(16)13-18)23-14-15-6-7-22-19(12-15)25-8-10-26-11-9-25;/h4-7,12-13H,1-3,8-11,14H2,(H3,21,23,24);1H. The second kappa shape index (κ2) is 9.36. The van der Waals surface area contributed by atoms with Crippen molar-refractivity contribution in [3.05, 3.63) is 53.2 Å². The number of guanidine groups is 1. The van der Waals surface area contributed by atoms with E-state index in [9.17, 15) is 0 Å². The molecule has 4 rings (SSSR count). The fraction of sp³-hybridized carbons (Fsp3) is 0.400. The number of aliphatic imine (C=N–C) groups is 1. The van der Waals surface area contributed by atoms with Crippen molar-refractivity contribution < 1.29 is 4.74 Å². The summed E-state index contributed by atoms with van der Waals surface area (Å²) < 4.78 is 5.40. The molecule has 1 aliphatic heterocycles. The van der Waals surface area contributed by atoms with Crippen LogP contribution in [0.1, 0.15) is 23.1 Å². The molecule has 1 aromatic heterocycles. The van der Waals surface area contributed by atoms with E-state index in [1.165, 1.54) is 24.0 Å². The highest BCUT2D eigenvalue weighted by atomic mass is 127. The van der Waals surface area contributed by atoms with Gasteiger partial charge < -0.3 is 20.7 Å². The Kier molecular flexibility index (Phi) is 6.89. The smallest absolute Gasteiger partial charge is 0.193 e. The van der Waals surface area contributed by atoms with Crippen LogP contribution in [-0.2, 0) is 24.1 Å². The summed E-state index contributed by atoms with van der Waals surface area (Å²) in [5, 5.41) is 3.21. The van der Waals surface area contributed by atoms with Gasteiger partial charge in [-0.15, -0.1) is 24.0 Å². The van der Waals surface area contributed by atoms with Gasteiger partial charge in [-0.05, 0) is 60.2 Å². The number of morpholine rings is 1. The fourth-order valence-electron chi connectivity index (χ4n) is 3.54. The lowest BCUT2D eigenvalue weighted by atomic mass is 10.1. The summed E-state index contributed by atoms with van der Waals surface area (Å²) in [6.07, 6.45) is 5.42. The lowest BCUT2D eigenvalue weighted by Crippen LogP contribution is -2.36. The molecule has 27 heavy (non-hydrogen) atoms. The number of halogens is 1. The molecule has 0 unspecified atom stereocenters. The summed E-state index contributed by atoms with van der Waals surface area (Å²) in [7, 11) is 0. The molecule has 0 spiro atoms. The number of benzene rings is 1. The zero-order chi connectivity index (χ0) is 17.8. The first kappa shape index (κ1) is 19.9. The molecule has 0 atom stereocenters. The number of anilines is 2. The summed E-state index contributed by atoms with van der Waals surface area (Å²) in [4.78, 5) is 11.2. The number of hydrogen-bond donors (Lipinski definition) is 2. The van der Waals surface area contributed by atoms with Crippen molar-refractivity contribution in [2.45, 2.75) is 25.8 Å². The molecule has 0 bridgehead atoms. The normalized spacial score (nSPS) is 16.6. The third kappa shape index (κ3) is 5.10. The summed E-state index contributed by atoms with van der Waals surface area (Å²) in [5.41, 5.74) is 11.1.